The number of rotatable bonds is 3. The normalized spacial score (nSPS) is 28.0. The van der Waals surface area contributed by atoms with Crippen LogP contribution in [-0.2, 0) is 4.79 Å². The maximum Gasteiger partial charge on any atom is 0.223 e. The molecule has 5 nitrogen and oxygen atoms in total. The first kappa shape index (κ1) is 13.6. The van der Waals surface area contributed by atoms with E-state index in [9.17, 15) is 4.79 Å². The maximum atomic E-state index is 12.5. The van der Waals surface area contributed by atoms with E-state index in [0.29, 0.717) is 18.5 Å². The Morgan fingerprint density at radius 2 is 2.10 bits per heavy atom. The molecule has 2 N–H and O–H groups in total. The Labute approximate surface area is 120 Å². The number of hydrogen-bond acceptors (Lipinski definition) is 3. The van der Waals surface area contributed by atoms with E-state index >= 15 is 0 Å². The molecular formula is C15H24N4O. The van der Waals surface area contributed by atoms with Crippen molar-refractivity contribution < 1.29 is 4.79 Å². The number of carbonyl (C=O) groups is 1. The molecule has 20 heavy (non-hydrogen) atoms. The predicted molar refractivity (Wildman–Crippen MR) is 77.0 cm³/mol. The van der Waals surface area contributed by atoms with Gasteiger partial charge in [-0.15, -0.1) is 0 Å². The second-order valence-corrected chi connectivity index (χ2v) is 6.35. The molecule has 1 saturated heterocycles. The summed E-state index contributed by atoms with van der Waals surface area (Å²) in [5, 5.41) is 0. The molecule has 1 aliphatic carbocycles. The van der Waals surface area contributed by atoms with E-state index in [1.165, 1.54) is 0 Å². The molecule has 1 saturated carbocycles. The lowest BCUT2D eigenvalue weighted by atomic mass is 10.0. The number of likely N-dealkylation sites (tertiary alicyclic amines) is 1. The zero-order chi connectivity index (χ0) is 14.3. The number of aromatic nitrogens is 2. The first-order valence-electron chi connectivity index (χ1n) is 7.68. The van der Waals surface area contributed by atoms with E-state index in [2.05, 4.69) is 28.3 Å². The summed E-state index contributed by atoms with van der Waals surface area (Å²) in [6, 6.07) is 0.727. The molecule has 1 aromatic heterocycles. The van der Waals surface area contributed by atoms with Crippen molar-refractivity contribution in [3.05, 3.63) is 18.2 Å². The van der Waals surface area contributed by atoms with Crippen LogP contribution in [0.4, 0.5) is 0 Å². The Morgan fingerprint density at radius 3 is 2.75 bits per heavy atom. The van der Waals surface area contributed by atoms with Crippen molar-refractivity contribution in [2.45, 2.75) is 70.1 Å². The fourth-order valence-corrected chi connectivity index (χ4v) is 3.26. The highest BCUT2D eigenvalue weighted by Crippen LogP contribution is 2.39. The van der Waals surface area contributed by atoms with Gasteiger partial charge in [0.25, 0.3) is 0 Å². The number of hydrogen-bond donors (Lipinski definition) is 1. The summed E-state index contributed by atoms with van der Waals surface area (Å²) in [7, 11) is 0. The molecule has 2 heterocycles. The van der Waals surface area contributed by atoms with Crippen molar-refractivity contribution in [1.82, 2.24) is 14.5 Å². The average Bonchev–Trinajstić information content (AvgIpc) is 3.12. The third-order valence-corrected chi connectivity index (χ3v) is 4.42. The van der Waals surface area contributed by atoms with Gasteiger partial charge in [0.2, 0.25) is 5.91 Å². The Morgan fingerprint density at radius 1 is 1.35 bits per heavy atom. The quantitative estimate of drug-likeness (QED) is 0.918. The summed E-state index contributed by atoms with van der Waals surface area (Å²) in [5.74, 6) is 0.266. The lowest BCUT2D eigenvalue weighted by molar-refractivity contribution is -0.134. The summed E-state index contributed by atoms with van der Waals surface area (Å²) >= 11 is 0. The molecule has 0 radical (unpaired) electrons. The molecule has 2 atom stereocenters. The van der Waals surface area contributed by atoms with Gasteiger partial charge in [0.1, 0.15) is 0 Å². The Bertz CT molecular complexity index is 492. The topological polar surface area (TPSA) is 64.2 Å². The van der Waals surface area contributed by atoms with Gasteiger partial charge in [-0.3, -0.25) is 4.79 Å². The summed E-state index contributed by atoms with van der Waals surface area (Å²) < 4.78 is 2.15. The third kappa shape index (κ3) is 2.35. The fourth-order valence-electron chi connectivity index (χ4n) is 3.26. The van der Waals surface area contributed by atoms with Crippen LogP contribution in [-0.4, -0.2) is 32.4 Å². The number of amides is 1. The van der Waals surface area contributed by atoms with E-state index < -0.39 is 0 Å². The number of imidazole rings is 1. The van der Waals surface area contributed by atoms with E-state index in [1.54, 1.807) is 0 Å². The van der Waals surface area contributed by atoms with Gasteiger partial charge in [0, 0.05) is 24.5 Å². The van der Waals surface area contributed by atoms with Crippen LogP contribution in [0, 0.1) is 0 Å². The third-order valence-electron chi connectivity index (χ3n) is 4.42. The van der Waals surface area contributed by atoms with Crippen molar-refractivity contribution >= 4 is 5.91 Å². The highest BCUT2D eigenvalue weighted by atomic mass is 16.2. The second kappa shape index (κ2) is 5.20. The van der Waals surface area contributed by atoms with Gasteiger partial charge in [-0.2, -0.15) is 0 Å². The molecule has 110 valence electrons. The van der Waals surface area contributed by atoms with E-state index in [4.69, 9.17) is 5.73 Å². The lowest BCUT2D eigenvalue weighted by Gasteiger charge is -2.34. The highest BCUT2D eigenvalue weighted by molar-refractivity contribution is 5.77. The summed E-state index contributed by atoms with van der Waals surface area (Å²) in [4.78, 5) is 18.8. The summed E-state index contributed by atoms with van der Waals surface area (Å²) in [5.41, 5.74) is 7.51. The molecule has 0 bridgehead atoms. The fraction of sp³-hybridized carbons (Fsp3) is 0.733. The first-order chi connectivity index (χ1) is 9.59. The first-order valence-corrected chi connectivity index (χ1v) is 7.68. The van der Waals surface area contributed by atoms with E-state index in [-0.39, 0.29) is 18.0 Å². The zero-order valence-electron chi connectivity index (χ0n) is 12.3. The number of carbonyl (C=O) groups excluding carboxylic acids is 1. The molecule has 5 heteroatoms. The molecular weight excluding hydrogens is 252 g/mol. The van der Waals surface area contributed by atoms with Crippen molar-refractivity contribution in [1.29, 1.82) is 0 Å². The second-order valence-electron chi connectivity index (χ2n) is 6.35. The van der Waals surface area contributed by atoms with Gasteiger partial charge in [-0.25, -0.2) is 4.98 Å². The van der Waals surface area contributed by atoms with Gasteiger partial charge < -0.3 is 15.2 Å². The zero-order valence-corrected chi connectivity index (χ0v) is 12.3. The Balaban J connectivity index is 2.00. The molecule has 1 amide bonds. The summed E-state index contributed by atoms with van der Waals surface area (Å²) in [6.45, 7) is 4.27. The van der Waals surface area contributed by atoms with Gasteiger partial charge in [-0.1, -0.05) is 0 Å². The number of nitrogens with two attached hydrogens (primary N) is 1. The van der Waals surface area contributed by atoms with E-state index in [1.807, 2.05) is 12.5 Å². The Kier molecular flexibility index (Phi) is 3.54. The van der Waals surface area contributed by atoms with Gasteiger partial charge >= 0.3 is 0 Å². The van der Waals surface area contributed by atoms with Crippen molar-refractivity contribution in [2.24, 2.45) is 5.73 Å². The van der Waals surface area contributed by atoms with E-state index in [0.717, 1.165) is 31.4 Å². The minimum absolute atomic E-state index is 0.0104. The standard InChI is InChI=1S/C15H24N4O/c1-10(2)18-9-17-8-13(18)15-12(16)4-3-5-14(20)19(15)11-6-7-11/h8-12,15H,3-7,16H2,1-2H3. The minimum Gasteiger partial charge on any atom is -0.330 e. The van der Waals surface area contributed by atoms with Crippen LogP contribution in [0.1, 0.15) is 63.7 Å². The molecule has 2 aliphatic rings. The summed E-state index contributed by atoms with van der Waals surface area (Å²) in [6.07, 6.45) is 8.41. The Hall–Kier alpha value is -1.36. The lowest BCUT2D eigenvalue weighted by Crippen LogP contribution is -2.44. The van der Waals surface area contributed by atoms with Gasteiger partial charge in [-0.05, 0) is 39.5 Å². The number of nitrogens with zero attached hydrogens (tertiary/aromatic N) is 3. The van der Waals surface area contributed by atoms with Crippen molar-refractivity contribution in [2.75, 3.05) is 0 Å². The minimum atomic E-state index is -0.0117. The highest BCUT2D eigenvalue weighted by Gasteiger charge is 2.42. The van der Waals surface area contributed by atoms with Crippen molar-refractivity contribution in [3.8, 4) is 0 Å². The van der Waals surface area contributed by atoms with Crippen LogP contribution in [0.3, 0.4) is 0 Å². The van der Waals surface area contributed by atoms with Crippen LogP contribution in [0.5, 0.6) is 0 Å². The molecule has 2 fully saturated rings. The maximum absolute atomic E-state index is 12.5. The smallest absolute Gasteiger partial charge is 0.223 e. The van der Waals surface area contributed by atoms with Gasteiger partial charge in [0.15, 0.2) is 0 Å². The molecule has 3 rings (SSSR count). The van der Waals surface area contributed by atoms with Crippen LogP contribution < -0.4 is 5.73 Å². The molecule has 1 aliphatic heterocycles. The molecule has 1 aromatic rings. The molecule has 0 aromatic carbocycles. The largest absolute Gasteiger partial charge is 0.330 e. The molecule has 0 spiro atoms. The van der Waals surface area contributed by atoms with Crippen LogP contribution >= 0.6 is 0 Å². The monoisotopic (exact) mass is 276 g/mol. The molecule has 2 unspecified atom stereocenters. The van der Waals surface area contributed by atoms with Crippen LogP contribution in [0.15, 0.2) is 12.5 Å². The van der Waals surface area contributed by atoms with Gasteiger partial charge in [0.05, 0.1) is 24.3 Å². The predicted octanol–water partition coefficient (Wildman–Crippen LogP) is 2.01. The SMILES string of the molecule is CC(C)n1cncc1C1C(N)CCCC(=O)N1C1CC1. The van der Waals surface area contributed by atoms with Crippen LogP contribution in [0.2, 0.25) is 0 Å². The van der Waals surface area contributed by atoms with Crippen molar-refractivity contribution in [3.63, 3.8) is 0 Å². The average molecular weight is 276 g/mol. The van der Waals surface area contributed by atoms with Crippen LogP contribution in [0.25, 0.3) is 0 Å².